The summed E-state index contributed by atoms with van der Waals surface area (Å²) in [7, 11) is -0.946. The molecule has 0 aliphatic heterocycles. The predicted molar refractivity (Wildman–Crippen MR) is 89.8 cm³/mol. The molecule has 2 N–H and O–H groups in total. The summed E-state index contributed by atoms with van der Waals surface area (Å²) in [5.74, 6) is 0.738. The molecule has 0 saturated carbocycles. The highest BCUT2D eigenvalue weighted by atomic mass is 32.2. The molecular formula is C17H21NO3S. The molecule has 0 saturated heterocycles. The van der Waals surface area contributed by atoms with Gasteiger partial charge in [0.25, 0.3) is 0 Å². The van der Waals surface area contributed by atoms with Gasteiger partial charge >= 0.3 is 0 Å². The second-order valence-electron chi connectivity index (χ2n) is 4.99. The van der Waals surface area contributed by atoms with Gasteiger partial charge < -0.3 is 15.2 Å². The van der Waals surface area contributed by atoms with E-state index in [1.165, 1.54) is 0 Å². The summed E-state index contributed by atoms with van der Waals surface area (Å²) < 4.78 is 16.7. The molecule has 2 atom stereocenters. The van der Waals surface area contributed by atoms with Crippen LogP contribution in [0.15, 0.2) is 53.4 Å². The monoisotopic (exact) mass is 319 g/mol. The van der Waals surface area contributed by atoms with Gasteiger partial charge in [-0.1, -0.05) is 12.1 Å². The van der Waals surface area contributed by atoms with Gasteiger partial charge in [-0.2, -0.15) is 0 Å². The number of hydrogen-bond donors (Lipinski definition) is 2. The van der Waals surface area contributed by atoms with Gasteiger partial charge in [-0.05, 0) is 48.9 Å². The SMILES string of the molecule is CC(Nc1ccc(OCCO)cc1)c1ccc(S(C)=O)cc1. The first-order chi connectivity index (χ1) is 10.6. The van der Waals surface area contributed by atoms with E-state index >= 15 is 0 Å². The zero-order valence-corrected chi connectivity index (χ0v) is 13.6. The largest absolute Gasteiger partial charge is 0.491 e. The summed E-state index contributed by atoms with van der Waals surface area (Å²) in [6.07, 6.45) is 1.68. The molecule has 118 valence electrons. The van der Waals surface area contributed by atoms with Gasteiger partial charge in [-0.3, -0.25) is 4.21 Å². The Morgan fingerprint density at radius 1 is 1.14 bits per heavy atom. The van der Waals surface area contributed by atoms with Crippen LogP contribution in [-0.4, -0.2) is 28.8 Å². The maximum Gasteiger partial charge on any atom is 0.119 e. The molecule has 0 aromatic heterocycles. The Kier molecular flexibility index (Phi) is 5.98. The lowest BCUT2D eigenvalue weighted by molar-refractivity contribution is 0.201. The molecule has 2 unspecified atom stereocenters. The van der Waals surface area contributed by atoms with Crippen molar-refractivity contribution in [3.8, 4) is 5.75 Å². The van der Waals surface area contributed by atoms with E-state index in [-0.39, 0.29) is 12.6 Å². The molecule has 22 heavy (non-hydrogen) atoms. The predicted octanol–water partition coefficient (Wildman–Crippen LogP) is 2.97. The van der Waals surface area contributed by atoms with Gasteiger partial charge in [0, 0.05) is 33.7 Å². The molecule has 2 aromatic rings. The third-order valence-electron chi connectivity index (χ3n) is 3.31. The van der Waals surface area contributed by atoms with E-state index in [1.807, 2.05) is 48.5 Å². The molecular weight excluding hydrogens is 298 g/mol. The normalized spacial score (nSPS) is 13.4. The maximum atomic E-state index is 11.4. The van der Waals surface area contributed by atoms with Crippen LogP contribution in [0.5, 0.6) is 5.75 Å². The maximum absolute atomic E-state index is 11.4. The van der Waals surface area contributed by atoms with E-state index in [9.17, 15) is 4.21 Å². The molecule has 2 rings (SSSR count). The molecule has 0 fully saturated rings. The number of aliphatic hydroxyl groups is 1. The fourth-order valence-corrected chi connectivity index (χ4v) is 2.61. The summed E-state index contributed by atoms with van der Waals surface area (Å²) in [5.41, 5.74) is 2.13. The summed E-state index contributed by atoms with van der Waals surface area (Å²) >= 11 is 0. The Bertz CT molecular complexity index is 611. The van der Waals surface area contributed by atoms with Crippen molar-refractivity contribution in [3.63, 3.8) is 0 Å². The first kappa shape index (κ1) is 16.5. The van der Waals surface area contributed by atoms with E-state index in [1.54, 1.807) is 6.26 Å². The number of nitrogens with one attached hydrogen (secondary N) is 1. The molecule has 5 heteroatoms. The molecule has 4 nitrogen and oxygen atoms in total. The van der Waals surface area contributed by atoms with Crippen molar-refractivity contribution in [1.29, 1.82) is 0 Å². The molecule has 0 aliphatic carbocycles. The average Bonchev–Trinajstić information content (AvgIpc) is 2.54. The van der Waals surface area contributed by atoms with E-state index in [2.05, 4.69) is 12.2 Å². The fourth-order valence-electron chi connectivity index (χ4n) is 2.09. The van der Waals surface area contributed by atoms with Crippen molar-refractivity contribution in [3.05, 3.63) is 54.1 Å². The van der Waals surface area contributed by atoms with Gasteiger partial charge in [0.15, 0.2) is 0 Å². The lowest BCUT2D eigenvalue weighted by Gasteiger charge is -2.16. The standard InChI is InChI=1S/C17H21NO3S/c1-13(14-3-9-17(10-4-14)22(2)20)18-15-5-7-16(8-6-15)21-12-11-19/h3-10,13,18-19H,11-12H2,1-2H3. The first-order valence-corrected chi connectivity index (χ1v) is 8.69. The van der Waals surface area contributed by atoms with Crippen LogP contribution in [0, 0.1) is 0 Å². The highest BCUT2D eigenvalue weighted by Gasteiger charge is 2.06. The topological polar surface area (TPSA) is 58.6 Å². The Hall–Kier alpha value is -1.85. The van der Waals surface area contributed by atoms with Crippen LogP contribution in [0.1, 0.15) is 18.5 Å². The molecule has 0 heterocycles. The van der Waals surface area contributed by atoms with Crippen LogP contribution in [-0.2, 0) is 10.8 Å². The van der Waals surface area contributed by atoms with Crippen molar-refractivity contribution in [1.82, 2.24) is 0 Å². The number of aliphatic hydroxyl groups excluding tert-OH is 1. The number of ether oxygens (including phenoxy) is 1. The van der Waals surface area contributed by atoms with E-state index in [4.69, 9.17) is 9.84 Å². The Balaban J connectivity index is 1.98. The lowest BCUT2D eigenvalue weighted by Crippen LogP contribution is -2.07. The van der Waals surface area contributed by atoms with Crippen LogP contribution >= 0.6 is 0 Å². The number of benzene rings is 2. The minimum Gasteiger partial charge on any atom is -0.491 e. The second-order valence-corrected chi connectivity index (χ2v) is 6.37. The van der Waals surface area contributed by atoms with Crippen LogP contribution in [0.25, 0.3) is 0 Å². The highest BCUT2D eigenvalue weighted by molar-refractivity contribution is 7.84. The minimum atomic E-state index is -0.946. The minimum absolute atomic E-state index is 0.00950. The van der Waals surface area contributed by atoms with Gasteiger partial charge in [-0.25, -0.2) is 0 Å². The zero-order chi connectivity index (χ0) is 15.9. The summed E-state index contributed by atoms with van der Waals surface area (Å²) in [6.45, 7) is 2.39. The van der Waals surface area contributed by atoms with Crippen molar-refractivity contribution in [2.75, 3.05) is 24.8 Å². The van der Waals surface area contributed by atoms with E-state index in [0.717, 1.165) is 21.9 Å². The zero-order valence-electron chi connectivity index (χ0n) is 12.8. The van der Waals surface area contributed by atoms with Crippen molar-refractivity contribution < 1.29 is 14.1 Å². The average molecular weight is 319 g/mol. The fraction of sp³-hybridized carbons (Fsp3) is 0.294. The number of rotatable bonds is 7. The van der Waals surface area contributed by atoms with Crippen molar-refractivity contribution >= 4 is 16.5 Å². The smallest absolute Gasteiger partial charge is 0.119 e. The molecule has 0 radical (unpaired) electrons. The van der Waals surface area contributed by atoms with Crippen molar-refractivity contribution in [2.24, 2.45) is 0 Å². The third kappa shape index (κ3) is 4.58. The Morgan fingerprint density at radius 2 is 1.77 bits per heavy atom. The molecule has 0 bridgehead atoms. The summed E-state index contributed by atoms with van der Waals surface area (Å²) in [4.78, 5) is 0.835. The molecule has 0 amide bonds. The summed E-state index contributed by atoms with van der Waals surface area (Å²) in [6, 6.07) is 15.5. The lowest BCUT2D eigenvalue weighted by atomic mass is 10.1. The second kappa shape index (κ2) is 7.96. The highest BCUT2D eigenvalue weighted by Crippen LogP contribution is 2.22. The Morgan fingerprint density at radius 3 is 2.32 bits per heavy atom. The molecule has 0 spiro atoms. The van der Waals surface area contributed by atoms with Crippen LogP contribution in [0.3, 0.4) is 0 Å². The first-order valence-electron chi connectivity index (χ1n) is 7.14. The van der Waals surface area contributed by atoms with E-state index < -0.39 is 10.8 Å². The number of hydrogen-bond acceptors (Lipinski definition) is 4. The van der Waals surface area contributed by atoms with Gasteiger partial charge in [0.05, 0.1) is 6.61 Å². The van der Waals surface area contributed by atoms with Crippen molar-refractivity contribution in [2.45, 2.75) is 17.9 Å². The van der Waals surface area contributed by atoms with Crippen LogP contribution < -0.4 is 10.1 Å². The van der Waals surface area contributed by atoms with Gasteiger partial charge in [0.1, 0.15) is 12.4 Å². The number of anilines is 1. The van der Waals surface area contributed by atoms with E-state index in [0.29, 0.717) is 6.61 Å². The third-order valence-corrected chi connectivity index (χ3v) is 4.25. The van der Waals surface area contributed by atoms with Gasteiger partial charge in [-0.15, -0.1) is 0 Å². The van der Waals surface area contributed by atoms with Crippen LogP contribution in [0.4, 0.5) is 5.69 Å². The summed E-state index contributed by atoms with van der Waals surface area (Å²) in [5, 5.41) is 12.1. The van der Waals surface area contributed by atoms with Crippen LogP contribution in [0.2, 0.25) is 0 Å². The quantitative estimate of drug-likeness (QED) is 0.824. The molecule has 2 aromatic carbocycles. The van der Waals surface area contributed by atoms with Gasteiger partial charge in [0.2, 0.25) is 0 Å². The molecule has 0 aliphatic rings. The Labute approximate surface area is 133 Å².